The summed E-state index contributed by atoms with van der Waals surface area (Å²) >= 11 is 0. The largest absolute Gasteiger partial charge is 0.474 e. The molecule has 0 fully saturated rings. The Morgan fingerprint density at radius 1 is 0.840 bits per heavy atom. The van der Waals surface area contributed by atoms with Crippen molar-refractivity contribution in [2.45, 2.75) is 32.8 Å². The molecule has 0 rings (SSSR count). The van der Waals surface area contributed by atoms with Gasteiger partial charge in [0.15, 0.2) is 5.88 Å². The van der Waals surface area contributed by atoms with E-state index in [1.807, 2.05) is 27.8 Å². The third-order valence-corrected chi connectivity index (χ3v) is 2.15. The maximum Gasteiger partial charge on any atom is 0.182 e. The smallest absolute Gasteiger partial charge is 0.182 e. The Kier molecular flexibility index (Phi) is 17.1. The predicted octanol–water partition coefficient (Wildman–Crippen LogP) is 1.63. The number of hydrogen-bond acceptors (Lipinski definition) is 13. The molecule has 0 aliphatic rings. The van der Waals surface area contributed by atoms with Gasteiger partial charge < -0.3 is 14.5 Å². The Bertz CT molecular complexity index is 304. The zero-order chi connectivity index (χ0) is 19.7. The van der Waals surface area contributed by atoms with Gasteiger partial charge in [-0.15, -0.1) is 0 Å². The molecule has 0 saturated carbocycles. The van der Waals surface area contributed by atoms with E-state index in [4.69, 9.17) is 15.3 Å². The molecule has 152 valence electrons. The molecule has 13 heteroatoms. The lowest BCUT2D eigenvalue weighted by Crippen LogP contribution is -2.29. The van der Waals surface area contributed by atoms with E-state index < -0.39 is 0 Å². The molecule has 25 heavy (non-hydrogen) atoms. The average Bonchev–Trinajstić information content (AvgIpc) is 2.49. The van der Waals surface area contributed by atoms with Crippen molar-refractivity contribution in [3.8, 4) is 0 Å². The molecule has 0 aromatic carbocycles. The summed E-state index contributed by atoms with van der Waals surface area (Å²) in [6, 6.07) is 0. The monoisotopic (exact) mass is 376 g/mol. The van der Waals surface area contributed by atoms with E-state index in [2.05, 4.69) is 70.8 Å². The van der Waals surface area contributed by atoms with Gasteiger partial charge in [0.05, 0.1) is 0 Å². The van der Waals surface area contributed by atoms with Crippen LogP contribution in [0.15, 0.2) is 12.5 Å². The summed E-state index contributed by atoms with van der Waals surface area (Å²) in [6.07, 6.45) is 1.12. The summed E-state index contributed by atoms with van der Waals surface area (Å²) in [5, 5.41) is 40.0. The third-order valence-electron chi connectivity index (χ3n) is 2.15. The second-order valence-corrected chi connectivity index (χ2v) is 5.74. The van der Waals surface area contributed by atoms with Gasteiger partial charge >= 0.3 is 0 Å². The van der Waals surface area contributed by atoms with Gasteiger partial charge in [-0.1, -0.05) is 0 Å². The molecule has 0 bridgehead atoms. The second-order valence-electron chi connectivity index (χ2n) is 5.74. The summed E-state index contributed by atoms with van der Waals surface area (Å²) in [7, 11) is 6.19. The van der Waals surface area contributed by atoms with Crippen molar-refractivity contribution >= 4 is 0 Å². The number of hydrogen-bond donors (Lipinski definition) is 2. The maximum absolute atomic E-state index is 7.35. The van der Waals surface area contributed by atoms with Crippen molar-refractivity contribution < 1.29 is 55.6 Å². The fourth-order valence-electron chi connectivity index (χ4n) is 1.25. The quantitative estimate of drug-likeness (QED) is 0.209. The molecular weight excluding hydrogens is 348 g/mol. The van der Waals surface area contributed by atoms with Crippen molar-refractivity contribution in [3.63, 3.8) is 0 Å². The summed E-state index contributed by atoms with van der Waals surface area (Å²) in [5.74, 6) is 0.751. The molecule has 0 aliphatic carbocycles. The number of nitrogens with zero attached hydrogens (tertiary/aromatic N) is 2. The zero-order valence-corrected chi connectivity index (χ0v) is 15.3. The molecule has 0 spiro atoms. The van der Waals surface area contributed by atoms with Gasteiger partial charge in [0.2, 0.25) is 0 Å². The first-order valence-corrected chi connectivity index (χ1v) is 6.99. The van der Waals surface area contributed by atoms with E-state index >= 15 is 0 Å². The van der Waals surface area contributed by atoms with Crippen LogP contribution in [0.5, 0.6) is 0 Å². The molecular formula is C12H28N2O11. The van der Waals surface area contributed by atoms with Gasteiger partial charge in [0, 0.05) is 13.6 Å². The van der Waals surface area contributed by atoms with Crippen LogP contribution in [-0.4, -0.2) is 60.1 Å². The molecule has 0 aliphatic heterocycles. The number of ether oxygens (including phenoxy) is 1. The SMILES string of the molecule is C=C(OC(C)(C)C)N(C)CCCN(C)C.OOOOOOOOOO. The Morgan fingerprint density at radius 3 is 1.64 bits per heavy atom. The molecule has 0 atom stereocenters. The van der Waals surface area contributed by atoms with Crippen molar-refractivity contribution in [2.24, 2.45) is 0 Å². The van der Waals surface area contributed by atoms with Crippen molar-refractivity contribution in [1.82, 2.24) is 9.80 Å². The van der Waals surface area contributed by atoms with Gasteiger partial charge in [-0.3, -0.25) is 0 Å². The first-order chi connectivity index (χ1) is 11.6. The molecule has 0 heterocycles. The third kappa shape index (κ3) is 22.9. The van der Waals surface area contributed by atoms with E-state index in [0.717, 1.165) is 25.4 Å². The Morgan fingerprint density at radius 2 is 1.28 bits per heavy atom. The van der Waals surface area contributed by atoms with Gasteiger partial charge in [-0.25, -0.2) is 10.5 Å². The molecule has 2 N–H and O–H groups in total. The highest BCUT2D eigenvalue weighted by Crippen LogP contribution is 2.14. The molecule has 0 aromatic heterocycles. The van der Waals surface area contributed by atoms with Crippen LogP contribution in [0.25, 0.3) is 0 Å². The normalized spacial score (nSPS) is 11.1. The summed E-state index contributed by atoms with van der Waals surface area (Å²) in [4.78, 5) is 4.25. The van der Waals surface area contributed by atoms with E-state index in [1.165, 1.54) is 0 Å². The average molecular weight is 376 g/mol. The van der Waals surface area contributed by atoms with E-state index in [1.54, 1.807) is 0 Å². The van der Waals surface area contributed by atoms with Crippen LogP contribution in [0, 0.1) is 0 Å². The fraction of sp³-hybridized carbons (Fsp3) is 0.833. The minimum atomic E-state index is -0.160. The highest BCUT2D eigenvalue weighted by molar-refractivity contribution is 4.84. The van der Waals surface area contributed by atoms with Crippen LogP contribution in [0.1, 0.15) is 27.2 Å². The van der Waals surface area contributed by atoms with Crippen LogP contribution in [0.4, 0.5) is 0 Å². The summed E-state index contributed by atoms with van der Waals surface area (Å²) in [5.41, 5.74) is -0.160. The first kappa shape index (κ1) is 26.1. The van der Waals surface area contributed by atoms with Crippen LogP contribution in [-0.2, 0) is 45.0 Å². The molecule has 0 amide bonds. The lowest BCUT2D eigenvalue weighted by atomic mass is 10.2. The van der Waals surface area contributed by atoms with E-state index in [0.29, 0.717) is 0 Å². The molecule has 0 aromatic rings. The van der Waals surface area contributed by atoms with Gasteiger partial charge in [0.1, 0.15) is 5.60 Å². The first-order valence-electron chi connectivity index (χ1n) is 6.99. The summed E-state index contributed by atoms with van der Waals surface area (Å²) in [6.45, 7) is 12.1. The van der Waals surface area contributed by atoms with Gasteiger partial charge in [-0.05, 0) is 94.7 Å². The Balaban J connectivity index is 0. The van der Waals surface area contributed by atoms with Crippen molar-refractivity contribution in [1.29, 1.82) is 0 Å². The minimum Gasteiger partial charge on any atom is -0.474 e. The Labute approximate surface area is 146 Å². The van der Waals surface area contributed by atoms with E-state index in [-0.39, 0.29) is 5.60 Å². The molecule has 0 saturated heterocycles. The highest BCUT2D eigenvalue weighted by Gasteiger charge is 2.14. The van der Waals surface area contributed by atoms with Crippen LogP contribution < -0.4 is 0 Å². The van der Waals surface area contributed by atoms with Crippen molar-refractivity contribution in [2.75, 3.05) is 34.2 Å². The van der Waals surface area contributed by atoms with Crippen LogP contribution in [0.2, 0.25) is 0 Å². The van der Waals surface area contributed by atoms with E-state index in [9.17, 15) is 0 Å². The van der Waals surface area contributed by atoms with Gasteiger partial charge in [-0.2, -0.15) is 0 Å². The molecule has 13 nitrogen and oxygen atoms in total. The topological polar surface area (TPSA) is 130 Å². The second kappa shape index (κ2) is 16.4. The number of rotatable bonds is 13. The van der Waals surface area contributed by atoms with Crippen LogP contribution >= 0.6 is 0 Å². The molecule has 0 radical (unpaired) electrons. The summed E-state index contributed by atoms with van der Waals surface area (Å²) < 4.78 is 5.67. The standard InChI is InChI=1S/C12H26N2O.H2O10/c1-11(15-12(2,3)4)14(7)10-8-9-13(5)6;1-3-5-7-9-10-8-6-4-2/h1,8-10H2,2-7H3;1-2H. The minimum absolute atomic E-state index is 0.160. The lowest BCUT2D eigenvalue weighted by molar-refractivity contribution is -0.842. The molecule has 0 unspecified atom stereocenters. The lowest BCUT2D eigenvalue weighted by Gasteiger charge is -2.29. The van der Waals surface area contributed by atoms with Gasteiger partial charge in [0.25, 0.3) is 0 Å². The Hall–Kier alpha value is -1.10. The zero-order valence-electron chi connectivity index (χ0n) is 15.3. The predicted molar refractivity (Wildman–Crippen MR) is 79.7 cm³/mol. The van der Waals surface area contributed by atoms with Crippen molar-refractivity contribution in [3.05, 3.63) is 12.5 Å². The fourth-order valence-corrected chi connectivity index (χ4v) is 1.25. The highest BCUT2D eigenvalue weighted by atomic mass is 17.9. The van der Waals surface area contributed by atoms with Crippen LogP contribution in [0.3, 0.4) is 0 Å². The maximum atomic E-state index is 7.35.